The lowest BCUT2D eigenvalue weighted by molar-refractivity contribution is -0.127. The third kappa shape index (κ3) is 3.80. The molecule has 1 fully saturated rings. The molecule has 1 saturated carbocycles. The lowest BCUT2D eigenvalue weighted by Crippen LogP contribution is -2.50. The predicted octanol–water partition coefficient (Wildman–Crippen LogP) is 0.526. The van der Waals surface area contributed by atoms with E-state index in [1.54, 1.807) is 0 Å². The first-order chi connectivity index (χ1) is 7.17. The smallest absolute Gasteiger partial charge is 0.224 e. The third-order valence-electron chi connectivity index (χ3n) is 2.80. The molecule has 0 saturated heterocycles. The van der Waals surface area contributed by atoms with Crippen LogP contribution in [0.3, 0.4) is 0 Å². The van der Waals surface area contributed by atoms with E-state index in [1.807, 2.05) is 20.9 Å². The maximum atomic E-state index is 11.6. The lowest BCUT2D eigenvalue weighted by atomic mass is 9.89. The summed E-state index contributed by atoms with van der Waals surface area (Å²) in [7, 11) is 1.86. The number of rotatable bonds is 6. The molecule has 0 spiro atoms. The van der Waals surface area contributed by atoms with Gasteiger partial charge in [0.1, 0.15) is 0 Å². The molecule has 0 aromatic heterocycles. The SMILES string of the molecule is CCOC1CC(NC(=O)C(C)CNC)C1. The molecule has 0 radical (unpaired) electrons. The quantitative estimate of drug-likeness (QED) is 0.678. The van der Waals surface area contributed by atoms with Crippen LogP contribution in [-0.2, 0) is 9.53 Å². The Morgan fingerprint density at radius 1 is 1.53 bits per heavy atom. The van der Waals surface area contributed by atoms with Gasteiger partial charge in [0.05, 0.1) is 6.10 Å². The van der Waals surface area contributed by atoms with E-state index in [-0.39, 0.29) is 11.8 Å². The highest BCUT2D eigenvalue weighted by Gasteiger charge is 2.31. The average Bonchev–Trinajstić information content (AvgIpc) is 2.14. The Labute approximate surface area is 91.8 Å². The zero-order valence-electron chi connectivity index (χ0n) is 9.88. The Bertz CT molecular complexity index is 203. The number of hydrogen-bond acceptors (Lipinski definition) is 3. The normalized spacial score (nSPS) is 26.9. The molecule has 1 aliphatic carbocycles. The summed E-state index contributed by atoms with van der Waals surface area (Å²) in [4.78, 5) is 11.6. The van der Waals surface area contributed by atoms with Gasteiger partial charge >= 0.3 is 0 Å². The zero-order chi connectivity index (χ0) is 11.3. The van der Waals surface area contributed by atoms with Crippen LogP contribution in [0, 0.1) is 5.92 Å². The fourth-order valence-corrected chi connectivity index (χ4v) is 1.80. The van der Waals surface area contributed by atoms with Crippen molar-refractivity contribution in [3.63, 3.8) is 0 Å². The van der Waals surface area contributed by atoms with Crippen LogP contribution >= 0.6 is 0 Å². The molecule has 1 amide bonds. The highest BCUT2D eigenvalue weighted by atomic mass is 16.5. The first kappa shape index (κ1) is 12.5. The molecular formula is C11H22N2O2. The van der Waals surface area contributed by atoms with Gasteiger partial charge in [-0.1, -0.05) is 6.92 Å². The van der Waals surface area contributed by atoms with Gasteiger partial charge in [-0.2, -0.15) is 0 Å². The maximum absolute atomic E-state index is 11.6. The van der Waals surface area contributed by atoms with Crippen LogP contribution in [0.15, 0.2) is 0 Å². The monoisotopic (exact) mass is 214 g/mol. The highest BCUT2D eigenvalue weighted by Crippen LogP contribution is 2.23. The van der Waals surface area contributed by atoms with Gasteiger partial charge in [0, 0.05) is 25.1 Å². The zero-order valence-corrected chi connectivity index (χ0v) is 9.88. The Balaban J connectivity index is 2.13. The molecule has 4 heteroatoms. The minimum Gasteiger partial charge on any atom is -0.378 e. The molecule has 2 N–H and O–H groups in total. The van der Waals surface area contributed by atoms with Gasteiger partial charge in [-0.3, -0.25) is 4.79 Å². The molecule has 0 aromatic carbocycles. The second-order valence-electron chi connectivity index (χ2n) is 4.21. The molecule has 0 bridgehead atoms. The van der Waals surface area contributed by atoms with Crippen LogP contribution in [0.5, 0.6) is 0 Å². The van der Waals surface area contributed by atoms with Crippen molar-refractivity contribution in [2.75, 3.05) is 20.2 Å². The van der Waals surface area contributed by atoms with Gasteiger partial charge in [0.15, 0.2) is 0 Å². The summed E-state index contributed by atoms with van der Waals surface area (Å²) in [5.74, 6) is 0.186. The van der Waals surface area contributed by atoms with Crippen molar-refractivity contribution >= 4 is 5.91 Å². The highest BCUT2D eigenvalue weighted by molar-refractivity contribution is 5.78. The van der Waals surface area contributed by atoms with Crippen molar-refractivity contribution in [3.8, 4) is 0 Å². The second kappa shape index (κ2) is 6.08. The minimum atomic E-state index is 0.0427. The van der Waals surface area contributed by atoms with Crippen LogP contribution in [0.25, 0.3) is 0 Å². The van der Waals surface area contributed by atoms with Gasteiger partial charge < -0.3 is 15.4 Å². The summed E-state index contributed by atoms with van der Waals surface area (Å²) in [6.45, 7) is 5.43. The van der Waals surface area contributed by atoms with E-state index in [1.165, 1.54) is 0 Å². The molecular weight excluding hydrogens is 192 g/mol. The van der Waals surface area contributed by atoms with Crippen LogP contribution in [0.2, 0.25) is 0 Å². The maximum Gasteiger partial charge on any atom is 0.224 e. The standard InChI is InChI=1S/C11H22N2O2/c1-4-15-10-5-9(6-10)13-11(14)8(2)7-12-3/h8-10,12H,4-7H2,1-3H3,(H,13,14). The van der Waals surface area contributed by atoms with Crippen molar-refractivity contribution < 1.29 is 9.53 Å². The summed E-state index contributed by atoms with van der Waals surface area (Å²) >= 11 is 0. The van der Waals surface area contributed by atoms with Crippen molar-refractivity contribution in [1.82, 2.24) is 10.6 Å². The Morgan fingerprint density at radius 3 is 2.73 bits per heavy atom. The number of carbonyl (C=O) groups excluding carboxylic acids is 1. The Kier molecular flexibility index (Phi) is 5.05. The van der Waals surface area contributed by atoms with E-state index in [0.29, 0.717) is 12.1 Å². The van der Waals surface area contributed by atoms with Crippen LogP contribution < -0.4 is 10.6 Å². The van der Waals surface area contributed by atoms with Gasteiger partial charge in [-0.05, 0) is 26.8 Å². The molecule has 1 rings (SSSR count). The molecule has 15 heavy (non-hydrogen) atoms. The van der Waals surface area contributed by atoms with Crippen LogP contribution in [0.1, 0.15) is 26.7 Å². The van der Waals surface area contributed by atoms with Crippen molar-refractivity contribution in [1.29, 1.82) is 0 Å². The molecule has 1 aliphatic rings. The topological polar surface area (TPSA) is 50.4 Å². The fraction of sp³-hybridized carbons (Fsp3) is 0.909. The molecule has 1 unspecified atom stereocenters. The molecule has 0 aromatic rings. The Hall–Kier alpha value is -0.610. The van der Waals surface area contributed by atoms with E-state index in [9.17, 15) is 4.79 Å². The first-order valence-electron chi connectivity index (χ1n) is 5.74. The predicted molar refractivity (Wildman–Crippen MR) is 59.7 cm³/mol. The second-order valence-corrected chi connectivity index (χ2v) is 4.21. The van der Waals surface area contributed by atoms with Crippen LogP contribution in [-0.4, -0.2) is 38.3 Å². The van der Waals surface area contributed by atoms with Crippen LogP contribution in [0.4, 0.5) is 0 Å². The largest absolute Gasteiger partial charge is 0.378 e. The molecule has 4 nitrogen and oxygen atoms in total. The molecule has 0 heterocycles. The number of hydrogen-bond donors (Lipinski definition) is 2. The number of ether oxygens (including phenoxy) is 1. The molecule has 88 valence electrons. The third-order valence-corrected chi connectivity index (χ3v) is 2.80. The average molecular weight is 214 g/mol. The summed E-state index contributed by atoms with van der Waals surface area (Å²) in [6.07, 6.45) is 2.29. The van der Waals surface area contributed by atoms with E-state index >= 15 is 0 Å². The summed E-state index contributed by atoms with van der Waals surface area (Å²) < 4.78 is 5.43. The summed E-state index contributed by atoms with van der Waals surface area (Å²) in [5, 5.41) is 6.03. The first-order valence-corrected chi connectivity index (χ1v) is 5.74. The fourth-order valence-electron chi connectivity index (χ4n) is 1.80. The van der Waals surface area contributed by atoms with E-state index in [4.69, 9.17) is 4.74 Å². The summed E-state index contributed by atoms with van der Waals surface area (Å²) in [5.41, 5.74) is 0. The summed E-state index contributed by atoms with van der Waals surface area (Å²) in [6, 6.07) is 0.327. The number of nitrogens with one attached hydrogen (secondary N) is 2. The lowest BCUT2D eigenvalue weighted by Gasteiger charge is -2.35. The van der Waals surface area contributed by atoms with Crippen molar-refractivity contribution in [3.05, 3.63) is 0 Å². The van der Waals surface area contributed by atoms with E-state index in [2.05, 4.69) is 10.6 Å². The molecule has 0 aliphatic heterocycles. The van der Waals surface area contributed by atoms with Gasteiger partial charge in [-0.15, -0.1) is 0 Å². The van der Waals surface area contributed by atoms with Crippen molar-refractivity contribution in [2.45, 2.75) is 38.8 Å². The number of amides is 1. The van der Waals surface area contributed by atoms with E-state index < -0.39 is 0 Å². The number of carbonyl (C=O) groups is 1. The van der Waals surface area contributed by atoms with Gasteiger partial charge in [-0.25, -0.2) is 0 Å². The Morgan fingerprint density at radius 2 is 2.20 bits per heavy atom. The van der Waals surface area contributed by atoms with Gasteiger partial charge in [0.25, 0.3) is 0 Å². The van der Waals surface area contributed by atoms with E-state index in [0.717, 1.165) is 26.0 Å². The minimum absolute atomic E-state index is 0.0427. The van der Waals surface area contributed by atoms with Gasteiger partial charge in [0.2, 0.25) is 5.91 Å². The molecule has 1 atom stereocenters. The van der Waals surface area contributed by atoms with Crippen molar-refractivity contribution in [2.24, 2.45) is 5.92 Å².